The molecule has 1 aromatic heterocycles. The number of ether oxygens (including phenoxy) is 3. The van der Waals surface area contributed by atoms with Crippen molar-refractivity contribution in [2.45, 2.75) is 19.1 Å². The number of hydrogen-bond donors (Lipinski definition) is 2. The van der Waals surface area contributed by atoms with Crippen LogP contribution < -0.4 is 20.1 Å². The van der Waals surface area contributed by atoms with Gasteiger partial charge < -0.3 is 24.8 Å². The SMILES string of the molecule is COc1ccc(OC2CN(c3cccc(COC(=O)CC(=N)N)c3F)C2)cn1. The number of carbonyl (C=O) groups is 1. The van der Waals surface area contributed by atoms with Crippen LogP contribution in [-0.2, 0) is 16.1 Å². The molecule has 3 N–H and O–H groups in total. The maximum atomic E-state index is 14.7. The average molecular weight is 388 g/mol. The maximum Gasteiger partial charge on any atom is 0.313 e. The van der Waals surface area contributed by atoms with Crippen LogP contribution in [0.5, 0.6) is 11.6 Å². The van der Waals surface area contributed by atoms with E-state index in [0.717, 1.165) is 0 Å². The van der Waals surface area contributed by atoms with Gasteiger partial charge in [-0.05, 0) is 12.1 Å². The molecular weight excluding hydrogens is 367 g/mol. The van der Waals surface area contributed by atoms with Crippen molar-refractivity contribution in [1.82, 2.24) is 4.98 Å². The molecule has 0 bridgehead atoms. The molecule has 0 radical (unpaired) electrons. The molecule has 28 heavy (non-hydrogen) atoms. The zero-order valence-electron chi connectivity index (χ0n) is 15.4. The van der Waals surface area contributed by atoms with Crippen molar-refractivity contribution < 1.29 is 23.4 Å². The smallest absolute Gasteiger partial charge is 0.313 e. The van der Waals surface area contributed by atoms with Crippen LogP contribution >= 0.6 is 0 Å². The third-order valence-electron chi connectivity index (χ3n) is 4.19. The quantitative estimate of drug-likeness (QED) is 0.403. The van der Waals surface area contributed by atoms with Gasteiger partial charge in [-0.3, -0.25) is 10.2 Å². The zero-order chi connectivity index (χ0) is 20.1. The highest BCUT2D eigenvalue weighted by atomic mass is 19.1. The summed E-state index contributed by atoms with van der Waals surface area (Å²) in [6.45, 7) is 0.837. The molecule has 1 fully saturated rings. The number of nitrogens with two attached hydrogens (primary N) is 1. The number of nitrogens with one attached hydrogen (secondary N) is 1. The summed E-state index contributed by atoms with van der Waals surface area (Å²) in [5, 5.41) is 7.07. The highest BCUT2D eigenvalue weighted by Crippen LogP contribution is 2.28. The summed E-state index contributed by atoms with van der Waals surface area (Å²) in [4.78, 5) is 17.4. The van der Waals surface area contributed by atoms with Gasteiger partial charge in [0.25, 0.3) is 0 Å². The van der Waals surface area contributed by atoms with Crippen LogP contribution in [-0.4, -0.2) is 43.1 Å². The Morgan fingerprint density at radius 3 is 2.79 bits per heavy atom. The molecule has 0 atom stereocenters. The van der Waals surface area contributed by atoms with Gasteiger partial charge in [0.2, 0.25) is 5.88 Å². The Labute approximate surface area is 161 Å². The van der Waals surface area contributed by atoms with Crippen molar-refractivity contribution >= 4 is 17.5 Å². The van der Waals surface area contributed by atoms with E-state index in [9.17, 15) is 9.18 Å². The summed E-state index contributed by atoms with van der Waals surface area (Å²) in [6, 6.07) is 8.40. The predicted molar refractivity (Wildman–Crippen MR) is 100 cm³/mol. The third-order valence-corrected chi connectivity index (χ3v) is 4.19. The molecular formula is C19H21FN4O4. The molecule has 0 amide bonds. The molecule has 0 spiro atoms. The average Bonchev–Trinajstić information content (AvgIpc) is 2.64. The maximum absolute atomic E-state index is 14.7. The summed E-state index contributed by atoms with van der Waals surface area (Å²) < 4.78 is 30.5. The van der Waals surface area contributed by atoms with E-state index in [1.165, 1.54) is 0 Å². The van der Waals surface area contributed by atoms with Crippen LogP contribution in [0.15, 0.2) is 36.5 Å². The van der Waals surface area contributed by atoms with Crippen LogP contribution in [0.4, 0.5) is 10.1 Å². The van der Waals surface area contributed by atoms with E-state index >= 15 is 0 Å². The molecule has 1 aliphatic heterocycles. The van der Waals surface area contributed by atoms with E-state index in [4.69, 9.17) is 25.4 Å². The lowest BCUT2D eigenvalue weighted by Gasteiger charge is -2.40. The van der Waals surface area contributed by atoms with E-state index < -0.39 is 11.8 Å². The second kappa shape index (κ2) is 8.55. The van der Waals surface area contributed by atoms with E-state index in [1.807, 2.05) is 4.90 Å². The van der Waals surface area contributed by atoms with Gasteiger partial charge >= 0.3 is 5.97 Å². The monoisotopic (exact) mass is 388 g/mol. The van der Waals surface area contributed by atoms with Crippen molar-refractivity contribution in [3.05, 3.63) is 47.9 Å². The highest BCUT2D eigenvalue weighted by molar-refractivity contribution is 5.94. The summed E-state index contributed by atoms with van der Waals surface area (Å²) in [7, 11) is 1.54. The Morgan fingerprint density at radius 1 is 1.36 bits per heavy atom. The normalized spacial score (nSPS) is 13.6. The second-order valence-corrected chi connectivity index (χ2v) is 6.29. The van der Waals surface area contributed by atoms with Crippen molar-refractivity contribution in [1.29, 1.82) is 5.41 Å². The summed E-state index contributed by atoms with van der Waals surface area (Å²) in [6.07, 6.45) is 1.19. The number of nitrogens with zero attached hydrogens (tertiary/aromatic N) is 2. The number of rotatable bonds is 8. The number of benzene rings is 1. The molecule has 2 heterocycles. The Hall–Kier alpha value is -3.36. The standard InChI is InChI=1S/C19H21FN4O4/c1-26-17-6-5-13(8-23-17)28-14-9-24(10-14)15-4-2-3-12(19(15)20)11-27-18(25)7-16(21)22/h2-6,8,14H,7,9-11H2,1H3,(H3,21,22). The van der Waals surface area contributed by atoms with Gasteiger partial charge in [-0.25, -0.2) is 9.37 Å². The van der Waals surface area contributed by atoms with Crippen molar-refractivity contribution in [3.63, 3.8) is 0 Å². The molecule has 1 saturated heterocycles. The van der Waals surface area contributed by atoms with Gasteiger partial charge in [0, 0.05) is 11.6 Å². The van der Waals surface area contributed by atoms with Gasteiger partial charge in [0.15, 0.2) is 5.82 Å². The lowest BCUT2D eigenvalue weighted by atomic mass is 10.1. The Kier molecular flexibility index (Phi) is 5.93. The van der Waals surface area contributed by atoms with E-state index in [1.54, 1.807) is 43.6 Å². The number of carbonyl (C=O) groups excluding carboxylic acids is 1. The fourth-order valence-electron chi connectivity index (χ4n) is 2.75. The Morgan fingerprint density at radius 2 is 2.14 bits per heavy atom. The van der Waals surface area contributed by atoms with Crippen LogP contribution in [0.25, 0.3) is 0 Å². The van der Waals surface area contributed by atoms with Crippen LogP contribution in [0.3, 0.4) is 0 Å². The third kappa shape index (κ3) is 4.67. The van der Waals surface area contributed by atoms with Gasteiger partial charge in [-0.2, -0.15) is 0 Å². The molecule has 9 heteroatoms. The topological polar surface area (TPSA) is 111 Å². The molecule has 8 nitrogen and oxygen atoms in total. The van der Waals surface area contributed by atoms with E-state index in [0.29, 0.717) is 30.4 Å². The summed E-state index contributed by atoms with van der Waals surface area (Å²) in [5.74, 6) is -0.272. The van der Waals surface area contributed by atoms with Gasteiger partial charge in [0.05, 0.1) is 32.1 Å². The van der Waals surface area contributed by atoms with Crippen molar-refractivity contribution in [3.8, 4) is 11.6 Å². The molecule has 148 valence electrons. The van der Waals surface area contributed by atoms with Gasteiger partial charge in [-0.1, -0.05) is 12.1 Å². The first-order valence-electron chi connectivity index (χ1n) is 8.64. The van der Waals surface area contributed by atoms with Crippen molar-refractivity contribution in [2.24, 2.45) is 5.73 Å². The number of methoxy groups -OCH3 is 1. The fraction of sp³-hybridized carbons (Fsp3) is 0.316. The van der Waals surface area contributed by atoms with Crippen LogP contribution in [0, 0.1) is 11.2 Å². The molecule has 0 aliphatic carbocycles. The Balaban J connectivity index is 1.55. The number of hydrogen-bond acceptors (Lipinski definition) is 7. The minimum atomic E-state index is -0.664. The summed E-state index contributed by atoms with van der Waals surface area (Å²) in [5.41, 5.74) is 5.83. The highest BCUT2D eigenvalue weighted by Gasteiger charge is 2.31. The van der Waals surface area contributed by atoms with Gasteiger partial charge in [0.1, 0.15) is 30.7 Å². The zero-order valence-corrected chi connectivity index (χ0v) is 15.4. The number of anilines is 1. The number of pyridine rings is 1. The first kappa shape index (κ1) is 19.4. The molecule has 0 unspecified atom stereocenters. The predicted octanol–water partition coefficient (Wildman–Crippen LogP) is 1.87. The largest absolute Gasteiger partial charge is 0.485 e. The van der Waals surface area contributed by atoms with Crippen LogP contribution in [0.2, 0.25) is 0 Å². The lowest BCUT2D eigenvalue weighted by molar-refractivity contribution is -0.143. The molecule has 3 rings (SSSR count). The Bertz CT molecular complexity index is 854. The first-order chi connectivity index (χ1) is 13.5. The second-order valence-electron chi connectivity index (χ2n) is 6.29. The number of aromatic nitrogens is 1. The van der Waals surface area contributed by atoms with E-state index in [-0.39, 0.29) is 30.5 Å². The van der Waals surface area contributed by atoms with E-state index in [2.05, 4.69) is 4.98 Å². The number of esters is 1. The molecule has 0 saturated carbocycles. The van der Waals surface area contributed by atoms with Gasteiger partial charge in [-0.15, -0.1) is 0 Å². The number of amidine groups is 1. The number of halogens is 1. The molecule has 1 aliphatic rings. The van der Waals surface area contributed by atoms with Crippen LogP contribution in [0.1, 0.15) is 12.0 Å². The fourth-order valence-corrected chi connectivity index (χ4v) is 2.75. The lowest BCUT2D eigenvalue weighted by Crippen LogP contribution is -2.54. The molecule has 2 aromatic rings. The minimum Gasteiger partial charge on any atom is -0.485 e. The van der Waals surface area contributed by atoms with Crippen molar-refractivity contribution in [2.75, 3.05) is 25.1 Å². The summed E-state index contributed by atoms with van der Waals surface area (Å²) >= 11 is 0. The molecule has 1 aromatic carbocycles. The minimum absolute atomic E-state index is 0.0772. The first-order valence-corrected chi connectivity index (χ1v) is 8.64.